The van der Waals surface area contributed by atoms with E-state index in [1.165, 1.54) is 12.8 Å². The van der Waals surface area contributed by atoms with Gasteiger partial charge in [0.2, 0.25) is 5.43 Å². The predicted octanol–water partition coefficient (Wildman–Crippen LogP) is 2.21. The Morgan fingerprint density at radius 3 is 2.12 bits per heavy atom. The van der Waals surface area contributed by atoms with E-state index in [0.717, 1.165) is 31.9 Å². The molecule has 0 aliphatic rings. The topological polar surface area (TPSA) is 23.6 Å². The maximum Gasteiger partial charge on any atom is 0.200 e. The summed E-state index contributed by atoms with van der Waals surface area (Å²) in [5.41, 5.74) is 0.929. The third-order valence-electron chi connectivity index (χ3n) is 2.97. The lowest BCUT2D eigenvalue weighted by Crippen LogP contribution is -2.35. The van der Waals surface area contributed by atoms with Gasteiger partial charge < -0.3 is 9.80 Å². The van der Waals surface area contributed by atoms with Crippen molar-refractivity contribution in [2.75, 3.05) is 38.1 Å². The Morgan fingerprint density at radius 2 is 1.71 bits per heavy atom. The summed E-state index contributed by atoms with van der Waals surface area (Å²) < 4.78 is 0.491. The van der Waals surface area contributed by atoms with E-state index in [4.69, 9.17) is 12.2 Å². The van der Waals surface area contributed by atoms with Gasteiger partial charge >= 0.3 is 0 Å². The van der Waals surface area contributed by atoms with Gasteiger partial charge in [-0.1, -0.05) is 26.1 Å². The van der Waals surface area contributed by atoms with Crippen LogP contribution in [0, 0.1) is 4.51 Å². The van der Waals surface area contributed by atoms with Crippen molar-refractivity contribution >= 4 is 17.9 Å². The first-order chi connectivity index (χ1) is 8.10. The standard InChI is InChI=1S/C13H22N2OS/c1-4-6-15(7-5-2)9-8-14(3)11-10-12(16)13(11)17/h10H,4-9H2,1-3H3. The van der Waals surface area contributed by atoms with Gasteiger partial charge in [0.25, 0.3) is 0 Å². The van der Waals surface area contributed by atoms with Gasteiger partial charge in [0, 0.05) is 26.2 Å². The summed E-state index contributed by atoms with van der Waals surface area (Å²) in [5.74, 6) is 0. The molecule has 0 spiro atoms. The van der Waals surface area contributed by atoms with Crippen LogP contribution in [0.3, 0.4) is 0 Å². The summed E-state index contributed by atoms with van der Waals surface area (Å²) in [6, 6.07) is 1.63. The molecule has 17 heavy (non-hydrogen) atoms. The smallest absolute Gasteiger partial charge is 0.200 e. The number of rotatable bonds is 8. The van der Waals surface area contributed by atoms with Crippen molar-refractivity contribution in [3.63, 3.8) is 0 Å². The Balaban J connectivity index is 2.41. The number of likely N-dealkylation sites (N-methyl/N-ethyl adjacent to an activating group) is 1. The van der Waals surface area contributed by atoms with E-state index < -0.39 is 0 Å². The van der Waals surface area contributed by atoms with E-state index in [1.807, 2.05) is 7.05 Å². The van der Waals surface area contributed by atoms with E-state index in [1.54, 1.807) is 6.07 Å². The zero-order chi connectivity index (χ0) is 12.8. The molecule has 0 unspecified atom stereocenters. The third-order valence-corrected chi connectivity index (χ3v) is 3.38. The van der Waals surface area contributed by atoms with E-state index in [9.17, 15) is 4.79 Å². The molecule has 3 nitrogen and oxygen atoms in total. The minimum atomic E-state index is 0.000762. The van der Waals surface area contributed by atoms with Crippen LogP contribution < -0.4 is 10.3 Å². The zero-order valence-corrected chi connectivity index (χ0v) is 11.8. The Bertz CT molecular complexity index is 403. The summed E-state index contributed by atoms with van der Waals surface area (Å²) in [6.45, 7) is 8.66. The van der Waals surface area contributed by atoms with Gasteiger partial charge in [-0.05, 0) is 25.9 Å². The molecule has 0 amide bonds. The molecule has 0 fully saturated rings. The molecule has 0 saturated heterocycles. The van der Waals surface area contributed by atoms with Crippen molar-refractivity contribution in [2.24, 2.45) is 0 Å². The second-order valence-electron chi connectivity index (χ2n) is 4.49. The molecule has 1 aromatic carbocycles. The molecule has 4 heteroatoms. The third kappa shape index (κ3) is 3.89. The highest BCUT2D eigenvalue weighted by atomic mass is 32.1. The van der Waals surface area contributed by atoms with Crippen LogP contribution in [0.15, 0.2) is 10.9 Å². The second kappa shape index (κ2) is 6.87. The highest BCUT2D eigenvalue weighted by Crippen LogP contribution is 2.13. The van der Waals surface area contributed by atoms with E-state index in [2.05, 4.69) is 23.6 Å². The van der Waals surface area contributed by atoms with Gasteiger partial charge in [0.15, 0.2) is 0 Å². The summed E-state index contributed by atoms with van der Waals surface area (Å²) in [5, 5.41) is 0. The summed E-state index contributed by atoms with van der Waals surface area (Å²) in [6.07, 6.45) is 2.37. The van der Waals surface area contributed by atoms with Crippen molar-refractivity contribution in [3.8, 4) is 0 Å². The Hall–Kier alpha value is -0.740. The molecular formula is C13H22N2OS. The molecule has 0 aromatic heterocycles. The maximum atomic E-state index is 11.0. The van der Waals surface area contributed by atoms with Gasteiger partial charge in [0.1, 0.15) is 4.51 Å². The zero-order valence-electron chi connectivity index (χ0n) is 11.0. The molecular weight excluding hydrogens is 232 g/mol. The van der Waals surface area contributed by atoms with Crippen LogP contribution in [0.2, 0.25) is 0 Å². The van der Waals surface area contributed by atoms with Crippen LogP contribution in [0.5, 0.6) is 0 Å². The fourth-order valence-corrected chi connectivity index (χ4v) is 2.24. The average molecular weight is 254 g/mol. The Morgan fingerprint density at radius 1 is 1.12 bits per heavy atom. The average Bonchev–Trinajstić information content (AvgIpc) is 2.32. The number of hydrogen-bond donors (Lipinski definition) is 0. The molecule has 1 aromatic rings. The SMILES string of the molecule is CCCN(CCC)CCN(C)c1cc(=O)c1=S. The Kier molecular flexibility index (Phi) is 5.78. The summed E-state index contributed by atoms with van der Waals surface area (Å²) >= 11 is 5.01. The van der Waals surface area contributed by atoms with E-state index in [0.29, 0.717) is 4.51 Å². The van der Waals surface area contributed by atoms with Crippen LogP contribution >= 0.6 is 12.2 Å². The first kappa shape index (κ1) is 14.3. The van der Waals surface area contributed by atoms with Crippen molar-refractivity contribution in [1.82, 2.24) is 4.90 Å². The van der Waals surface area contributed by atoms with Crippen LogP contribution in [-0.2, 0) is 0 Å². The van der Waals surface area contributed by atoms with Crippen molar-refractivity contribution < 1.29 is 0 Å². The van der Waals surface area contributed by atoms with Gasteiger partial charge in [-0.15, -0.1) is 0 Å². The fourth-order valence-electron chi connectivity index (χ4n) is 1.97. The summed E-state index contributed by atoms with van der Waals surface area (Å²) in [7, 11) is 2.00. The predicted molar refractivity (Wildman–Crippen MR) is 76.2 cm³/mol. The quantitative estimate of drug-likeness (QED) is 0.664. The van der Waals surface area contributed by atoms with Crippen LogP contribution in [0.1, 0.15) is 26.7 Å². The molecule has 0 aliphatic heterocycles. The van der Waals surface area contributed by atoms with Gasteiger partial charge in [-0.25, -0.2) is 0 Å². The second-order valence-corrected chi connectivity index (χ2v) is 4.89. The maximum absolute atomic E-state index is 11.0. The molecule has 0 saturated carbocycles. The van der Waals surface area contributed by atoms with Crippen LogP contribution in [-0.4, -0.2) is 38.1 Å². The Labute approximate surface area is 109 Å². The number of nitrogens with zero attached hydrogens (tertiary/aromatic N) is 2. The summed E-state index contributed by atoms with van der Waals surface area (Å²) in [4.78, 5) is 15.6. The molecule has 0 aliphatic carbocycles. The van der Waals surface area contributed by atoms with Gasteiger partial charge in [-0.3, -0.25) is 4.79 Å². The lowest BCUT2D eigenvalue weighted by atomic mass is 10.2. The molecule has 1 rings (SSSR count). The molecule has 0 heterocycles. The number of hydrogen-bond acceptors (Lipinski definition) is 4. The minimum Gasteiger partial charge on any atom is -0.372 e. The lowest BCUT2D eigenvalue weighted by Gasteiger charge is -2.26. The molecule has 0 radical (unpaired) electrons. The monoisotopic (exact) mass is 254 g/mol. The highest BCUT2D eigenvalue weighted by Gasteiger charge is 2.11. The van der Waals surface area contributed by atoms with Crippen LogP contribution in [0.4, 0.5) is 5.69 Å². The van der Waals surface area contributed by atoms with Gasteiger partial charge in [-0.2, -0.15) is 0 Å². The first-order valence-corrected chi connectivity index (χ1v) is 6.74. The largest absolute Gasteiger partial charge is 0.372 e. The number of anilines is 1. The lowest BCUT2D eigenvalue weighted by molar-refractivity contribution is 0.281. The molecule has 0 N–H and O–H groups in total. The normalized spacial score (nSPS) is 11.3. The van der Waals surface area contributed by atoms with Crippen LogP contribution in [0.25, 0.3) is 0 Å². The highest BCUT2D eigenvalue weighted by molar-refractivity contribution is 7.71. The van der Waals surface area contributed by atoms with Crippen molar-refractivity contribution in [2.45, 2.75) is 26.7 Å². The van der Waals surface area contributed by atoms with E-state index >= 15 is 0 Å². The minimum absolute atomic E-state index is 0.000762. The molecule has 0 atom stereocenters. The fraction of sp³-hybridized carbons (Fsp3) is 0.692. The van der Waals surface area contributed by atoms with E-state index in [-0.39, 0.29) is 5.43 Å². The molecule has 96 valence electrons. The van der Waals surface area contributed by atoms with Crippen molar-refractivity contribution in [3.05, 3.63) is 20.8 Å². The molecule has 0 bridgehead atoms. The van der Waals surface area contributed by atoms with Crippen molar-refractivity contribution in [1.29, 1.82) is 0 Å². The van der Waals surface area contributed by atoms with Gasteiger partial charge in [0.05, 0.1) is 5.69 Å². The first-order valence-electron chi connectivity index (χ1n) is 6.34.